The Kier molecular flexibility index (Phi) is 4.81. The van der Waals surface area contributed by atoms with Crippen LogP contribution in [0.3, 0.4) is 0 Å². The number of benzene rings is 1. The Hall–Kier alpha value is -1.79. The van der Waals surface area contributed by atoms with Gasteiger partial charge in [0, 0.05) is 12.1 Å². The molecule has 20 heavy (non-hydrogen) atoms. The van der Waals surface area contributed by atoms with E-state index in [-0.39, 0.29) is 12.1 Å². The van der Waals surface area contributed by atoms with Crippen LogP contribution in [0.4, 0.5) is 8.78 Å². The first-order valence-corrected chi connectivity index (χ1v) is 6.95. The first kappa shape index (κ1) is 14.6. The summed E-state index contributed by atoms with van der Waals surface area (Å²) in [6.45, 7) is 0.245. The number of carbonyl (C=O) groups is 1. The SMILES string of the molecule is O=C(NCC[C@H](O)c1ccsc1)c1ccc(F)c(F)c1. The highest BCUT2D eigenvalue weighted by molar-refractivity contribution is 7.07. The first-order valence-electron chi connectivity index (χ1n) is 6.01. The van der Waals surface area contributed by atoms with E-state index in [0.29, 0.717) is 6.42 Å². The normalized spacial score (nSPS) is 12.2. The van der Waals surface area contributed by atoms with Crippen molar-refractivity contribution >= 4 is 17.2 Å². The maximum atomic E-state index is 13.0. The summed E-state index contributed by atoms with van der Waals surface area (Å²) in [4.78, 5) is 11.7. The third-order valence-electron chi connectivity index (χ3n) is 2.81. The molecule has 0 fully saturated rings. The van der Waals surface area contributed by atoms with Crippen molar-refractivity contribution < 1.29 is 18.7 Å². The van der Waals surface area contributed by atoms with Crippen molar-refractivity contribution in [3.8, 4) is 0 Å². The van der Waals surface area contributed by atoms with E-state index in [1.165, 1.54) is 17.4 Å². The number of amides is 1. The van der Waals surface area contributed by atoms with Gasteiger partial charge in [0.05, 0.1) is 6.10 Å². The molecule has 0 unspecified atom stereocenters. The lowest BCUT2D eigenvalue weighted by Crippen LogP contribution is -2.25. The number of carbonyl (C=O) groups excluding carboxylic acids is 1. The Morgan fingerprint density at radius 1 is 1.30 bits per heavy atom. The van der Waals surface area contributed by atoms with Gasteiger partial charge in [-0.3, -0.25) is 4.79 Å². The Morgan fingerprint density at radius 3 is 2.75 bits per heavy atom. The van der Waals surface area contributed by atoms with Crippen LogP contribution in [0.2, 0.25) is 0 Å². The van der Waals surface area contributed by atoms with Crippen LogP contribution >= 0.6 is 11.3 Å². The molecule has 0 aliphatic heterocycles. The predicted molar refractivity (Wildman–Crippen MR) is 72.6 cm³/mol. The molecular formula is C14H13F2NO2S. The van der Waals surface area contributed by atoms with E-state index in [9.17, 15) is 18.7 Å². The van der Waals surface area contributed by atoms with E-state index in [1.807, 2.05) is 16.8 Å². The number of aliphatic hydroxyl groups is 1. The van der Waals surface area contributed by atoms with Gasteiger partial charge >= 0.3 is 0 Å². The van der Waals surface area contributed by atoms with Gasteiger partial charge in [0.1, 0.15) is 0 Å². The van der Waals surface area contributed by atoms with Gasteiger partial charge in [-0.15, -0.1) is 0 Å². The molecule has 1 aromatic carbocycles. The van der Waals surface area contributed by atoms with Crippen LogP contribution < -0.4 is 5.32 Å². The minimum Gasteiger partial charge on any atom is -0.388 e. The highest BCUT2D eigenvalue weighted by Crippen LogP contribution is 2.18. The smallest absolute Gasteiger partial charge is 0.251 e. The number of rotatable bonds is 5. The summed E-state index contributed by atoms with van der Waals surface area (Å²) in [6, 6.07) is 4.78. The van der Waals surface area contributed by atoms with Crippen molar-refractivity contribution in [3.63, 3.8) is 0 Å². The largest absolute Gasteiger partial charge is 0.388 e. The van der Waals surface area contributed by atoms with E-state index in [0.717, 1.165) is 17.7 Å². The summed E-state index contributed by atoms with van der Waals surface area (Å²) < 4.78 is 25.7. The van der Waals surface area contributed by atoms with Crippen LogP contribution in [-0.4, -0.2) is 17.6 Å². The topological polar surface area (TPSA) is 49.3 Å². The second-order valence-corrected chi connectivity index (χ2v) is 5.03. The fraction of sp³-hybridized carbons (Fsp3) is 0.214. The zero-order valence-corrected chi connectivity index (χ0v) is 11.3. The molecule has 0 saturated heterocycles. The molecule has 0 spiro atoms. The molecule has 3 nitrogen and oxygen atoms in total. The lowest BCUT2D eigenvalue weighted by Gasteiger charge is -2.10. The van der Waals surface area contributed by atoms with Gasteiger partial charge < -0.3 is 10.4 Å². The van der Waals surface area contributed by atoms with E-state index < -0.39 is 23.6 Å². The van der Waals surface area contributed by atoms with Gasteiger partial charge in [-0.25, -0.2) is 8.78 Å². The maximum absolute atomic E-state index is 13.0. The summed E-state index contributed by atoms with van der Waals surface area (Å²) in [5, 5.41) is 16.1. The Bertz CT molecular complexity index is 587. The maximum Gasteiger partial charge on any atom is 0.251 e. The van der Waals surface area contributed by atoms with Crippen LogP contribution in [-0.2, 0) is 0 Å². The molecule has 0 bridgehead atoms. The second kappa shape index (κ2) is 6.58. The van der Waals surface area contributed by atoms with Gasteiger partial charge in [-0.1, -0.05) is 0 Å². The van der Waals surface area contributed by atoms with Crippen LogP contribution in [0.25, 0.3) is 0 Å². The molecular weight excluding hydrogens is 284 g/mol. The molecule has 2 aromatic rings. The Morgan fingerprint density at radius 2 is 2.10 bits per heavy atom. The monoisotopic (exact) mass is 297 g/mol. The van der Waals surface area contributed by atoms with Gasteiger partial charge in [-0.05, 0) is 47.0 Å². The van der Waals surface area contributed by atoms with Gasteiger partial charge in [0.15, 0.2) is 11.6 Å². The zero-order chi connectivity index (χ0) is 14.5. The molecule has 1 heterocycles. The quantitative estimate of drug-likeness (QED) is 0.891. The van der Waals surface area contributed by atoms with Gasteiger partial charge in [0.2, 0.25) is 0 Å². The van der Waals surface area contributed by atoms with E-state index >= 15 is 0 Å². The van der Waals surface area contributed by atoms with E-state index in [4.69, 9.17) is 0 Å². The zero-order valence-electron chi connectivity index (χ0n) is 10.5. The molecule has 2 N–H and O–H groups in total. The predicted octanol–water partition coefficient (Wildman–Crippen LogP) is 2.88. The standard InChI is InChI=1S/C14H13F2NO2S/c15-11-2-1-9(7-12(11)16)14(19)17-5-3-13(18)10-4-6-20-8-10/h1-2,4,6-8,13,18H,3,5H2,(H,17,19)/t13-/m0/s1. The third kappa shape index (κ3) is 3.61. The summed E-state index contributed by atoms with van der Waals surface area (Å²) in [5.41, 5.74) is 0.853. The first-order chi connectivity index (χ1) is 9.58. The van der Waals surface area contributed by atoms with Gasteiger partial charge in [-0.2, -0.15) is 11.3 Å². The van der Waals surface area contributed by atoms with Crippen LogP contribution in [0.5, 0.6) is 0 Å². The molecule has 1 atom stereocenters. The Labute approximate surface area is 118 Å². The average molecular weight is 297 g/mol. The van der Waals surface area contributed by atoms with E-state index in [1.54, 1.807) is 0 Å². The number of nitrogens with one attached hydrogen (secondary N) is 1. The third-order valence-corrected chi connectivity index (χ3v) is 3.51. The van der Waals surface area contributed by atoms with E-state index in [2.05, 4.69) is 5.32 Å². The molecule has 0 radical (unpaired) electrons. The number of halogens is 2. The Balaban J connectivity index is 1.84. The molecule has 6 heteroatoms. The highest BCUT2D eigenvalue weighted by Gasteiger charge is 2.11. The summed E-state index contributed by atoms with van der Waals surface area (Å²) in [6.07, 6.45) is -0.293. The van der Waals surface area contributed by atoms with Crippen molar-refractivity contribution in [1.82, 2.24) is 5.32 Å². The lowest BCUT2D eigenvalue weighted by atomic mass is 10.1. The minimum atomic E-state index is -1.06. The molecule has 1 aromatic heterocycles. The fourth-order valence-corrected chi connectivity index (χ4v) is 2.40. The van der Waals surface area contributed by atoms with Crippen LogP contribution in [0.15, 0.2) is 35.0 Å². The van der Waals surface area contributed by atoms with Gasteiger partial charge in [0.25, 0.3) is 5.91 Å². The van der Waals surface area contributed by atoms with Crippen LogP contribution in [0, 0.1) is 11.6 Å². The molecule has 0 aliphatic carbocycles. The molecule has 1 amide bonds. The summed E-state index contributed by atoms with van der Waals surface area (Å²) in [5.74, 6) is -2.55. The molecule has 0 aliphatic rings. The number of hydrogen-bond acceptors (Lipinski definition) is 3. The van der Waals surface area contributed by atoms with Crippen molar-refractivity contribution in [2.24, 2.45) is 0 Å². The summed E-state index contributed by atoms with van der Waals surface area (Å²) in [7, 11) is 0. The highest BCUT2D eigenvalue weighted by atomic mass is 32.1. The second-order valence-electron chi connectivity index (χ2n) is 4.25. The van der Waals surface area contributed by atoms with Crippen molar-refractivity contribution in [3.05, 3.63) is 57.8 Å². The number of thiophene rings is 1. The minimum absolute atomic E-state index is 0.0499. The molecule has 0 saturated carbocycles. The van der Waals surface area contributed by atoms with Crippen LogP contribution in [0.1, 0.15) is 28.4 Å². The number of hydrogen-bond donors (Lipinski definition) is 2. The fourth-order valence-electron chi connectivity index (χ4n) is 1.69. The lowest BCUT2D eigenvalue weighted by molar-refractivity contribution is 0.0942. The van der Waals surface area contributed by atoms with Crippen molar-refractivity contribution in [2.75, 3.05) is 6.54 Å². The van der Waals surface area contributed by atoms with Crippen molar-refractivity contribution in [2.45, 2.75) is 12.5 Å². The summed E-state index contributed by atoms with van der Waals surface area (Å²) >= 11 is 1.48. The number of aliphatic hydroxyl groups excluding tert-OH is 1. The van der Waals surface area contributed by atoms with Crippen molar-refractivity contribution in [1.29, 1.82) is 0 Å². The molecule has 106 valence electrons. The average Bonchev–Trinajstić information content (AvgIpc) is 2.95. The molecule has 2 rings (SSSR count).